The second-order valence-electron chi connectivity index (χ2n) is 5.26. The predicted molar refractivity (Wildman–Crippen MR) is 68.8 cm³/mol. The molecule has 0 aliphatic heterocycles. The van der Waals surface area contributed by atoms with Crippen molar-refractivity contribution in [2.24, 2.45) is 5.41 Å². The summed E-state index contributed by atoms with van der Waals surface area (Å²) in [6.07, 6.45) is 0.391. The monoisotopic (exact) mass is 235 g/mol. The summed E-state index contributed by atoms with van der Waals surface area (Å²) in [6.45, 7) is 6.41. The molecule has 3 nitrogen and oxygen atoms in total. The third-order valence-corrected chi connectivity index (χ3v) is 2.68. The maximum absolute atomic E-state index is 11.7. The summed E-state index contributed by atoms with van der Waals surface area (Å²) in [7, 11) is 0. The molecule has 94 valence electrons. The van der Waals surface area contributed by atoms with Gasteiger partial charge in [-0.05, 0) is 12.5 Å². The summed E-state index contributed by atoms with van der Waals surface area (Å²) in [5, 5.41) is 11.9. The van der Waals surface area contributed by atoms with Crippen molar-refractivity contribution < 1.29 is 9.90 Å². The van der Waals surface area contributed by atoms with Gasteiger partial charge in [0.25, 0.3) is 0 Å². The normalized spacial score (nSPS) is 11.3. The molecule has 0 atom stereocenters. The van der Waals surface area contributed by atoms with Crippen molar-refractivity contribution >= 4 is 5.91 Å². The highest BCUT2D eigenvalue weighted by Gasteiger charge is 2.17. The van der Waals surface area contributed by atoms with Crippen LogP contribution >= 0.6 is 0 Å². The molecule has 0 saturated heterocycles. The van der Waals surface area contributed by atoms with Crippen LogP contribution in [0.5, 0.6) is 0 Å². The zero-order valence-corrected chi connectivity index (χ0v) is 10.8. The van der Waals surface area contributed by atoms with Crippen LogP contribution in [-0.2, 0) is 11.2 Å². The Morgan fingerprint density at radius 2 is 1.88 bits per heavy atom. The number of hydrogen-bond acceptors (Lipinski definition) is 2. The van der Waals surface area contributed by atoms with E-state index in [4.69, 9.17) is 5.11 Å². The number of aryl methyl sites for hydroxylation is 1. The molecule has 0 fully saturated rings. The standard InChI is InChI=1S/C14H21NO2/c1-11-4-6-12(7-5-11)8-13(17)15-9-14(2,3)10-16/h4-7,16H,8-10H2,1-3H3,(H,15,17). The van der Waals surface area contributed by atoms with Gasteiger partial charge in [-0.15, -0.1) is 0 Å². The van der Waals surface area contributed by atoms with Gasteiger partial charge in [-0.2, -0.15) is 0 Å². The minimum Gasteiger partial charge on any atom is -0.396 e. The number of carbonyl (C=O) groups is 1. The first-order valence-corrected chi connectivity index (χ1v) is 5.86. The van der Waals surface area contributed by atoms with Crippen molar-refractivity contribution in [3.05, 3.63) is 35.4 Å². The van der Waals surface area contributed by atoms with E-state index in [1.165, 1.54) is 5.56 Å². The Kier molecular flexibility index (Phi) is 4.70. The van der Waals surface area contributed by atoms with Crippen LogP contribution in [0.4, 0.5) is 0 Å². The van der Waals surface area contributed by atoms with E-state index in [-0.39, 0.29) is 17.9 Å². The minimum atomic E-state index is -0.261. The van der Waals surface area contributed by atoms with Crippen LogP contribution in [0.2, 0.25) is 0 Å². The molecule has 1 amide bonds. The van der Waals surface area contributed by atoms with Crippen LogP contribution in [0.25, 0.3) is 0 Å². The Hall–Kier alpha value is -1.35. The van der Waals surface area contributed by atoms with E-state index in [9.17, 15) is 4.79 Å². The molecule has 0 aromatic heterocycles. The number of carbonyl (C=O) groups excluding carboxylic acids is 1. The van der Waals surface area contributed by atoms with Crippen molar-refractivity contribution in [2.45, 2.75) is 27.2 Å². The summed E-state index contributed by atoms with van der Waals surface area (Å²) in [5.41, 5.74) is 1.94. The molecule has 0 aliphatic rings. The fraction of sp³-hybridized carbons (Fsp3) is 0.500. The number of amides is 1. The number of nitrogens with one attached hydrogen (secondary N) is 1. The maximum Gasteiger partial charge on any atom is 0.224 e. The van der Waals surface area contributed by atoms with Gasteiger partial charge in [0.05, 0.1) is 6.42 Å². The molecule has 3 heteroatoms. The van der Waals surface area contributed by atoms with Crippen molar-refractivity contribution in [1.82, 2.24) is 5.32 Å². The molecule has 17 heavy (non-hydrogen) atoms. The quantitative estimate of drug-likeness (QED) is 0.815. The van der Waals surface area contributed by atoms with Gasteiger partial charge >= 0.3 is 0 Å². The van der Waals surface area contributed by atoms with E-state index in [1.54, 1.807) is 0 Å². The molecule has 0 radical (unpaired) electrons. The Balaban J connectivity index is 2.42. The van der Waals surface area contributed by atoms with Crippen LogP contribution in [0.15, 0.2) is 24.3 Å². The Morgan fingerprint density at radius 3 is 2.41 bits per heavy atom. The Labute approximate surface area is 103 Å². The van der Waals surface area contributed by atoms with E-state index in [0.29, 0.717) is 13.0 Å². The van der Waals surface area contributed by atoms with E-state index in [2.05, 4.69) is 5.32 Å². The lowest BCUT2D eigenvalue weighted by Crippen LogP contribution is -2.36. The first kappa shape index (κ1) is 13.7. The van der Waals surface area contributed by atoms with E-state index in [1.807, 2.05) is 45.0 Å². The predicted octanol–water partition coefficient (Wildman–Crippen LogP) is 1.67. The van der Waals surface area contributed by atoms with Crippen LogP contribution in [0, 0.1) is 12.3 Å². The lowest BCUT2D eigenvalue weighted by atomic mass is 9.95. The summed E-state index contributed by atoms with van der Waals surface area (Å²) in [4.78, 5) is 11.7. The molecule has 1 rings (SSSR count). The fourth-order valence-corrected chi connectivity index (χ4v) is 1.35. The van der Waals surface area contributed by atoms with E-state index in [0.717, 1.165) is 5.56 Å². The Bertz CT molecular complexity index is 368. The Morgan fingerprint density at radius 1 is 1.29 bits per heavy atom. The smallest absolute Gasteiger partial charge is 0.224 e. The van der Waals surface area contributed by atoms with Gasteiger partial charge in [0.2, 0.25) is 5.91 Å². The van der Waals surface area contributed by atoms with Crippen molar-refractivity contribution in [3.63, 3.8) is 0 Å². The van der Waals surface area contributed by atoms with Crippen LogP contribution in [-0.4, -0.2) is 24.2 Å². The van der Waals surface area contributed by atoms with Crippen LogP contribution in [0.1, 0.15) is 25.0 Å². The molecule has 1 aromatic carbocycles. The summed E-state index contributed by atoms with van der Waals surface area (Å²) in [6, 6.07) is 7.93. The van der Waals surface area contributed by atoms with Crippen molar-refractivity contribution in [2.75, 3.05) is 13.2 Å². The topological polar surface area (TPSA) is 49.3 Å². The van der Waals surface area contributed by atoms with Gasteiger partial charge < -0.3 is 10.4 Å². The van der Waals surface area contributed by atoms with Crippen LogP contribution < -0.4 is 5.32 Å². The molecule has 1 aromatic rings. The lowest BCUT2D eigenvalue weighted by molar-refractivity contribution is -0.121. The largest absolute Gasteiger partial charge is 0.396 e. The summed E-state index contributed by atoms with van der Waals surface area (Å²) < 4.78 is 0. The zero-order chi connectivity index (χ0) is 12.9. The number of aliphatic hydroxyl groups excluding tert-OH is 1. The summed E-state index contributed by atoms with van der Waals surface area (Å²) in [5.74, 6) is -0.00428. The number of aliphatic hydroxyl groups is 1. The van der Waals surface area contributed by atoms with Crippen LogP contribution in [0.3, 0.4) is 0 Å². The highest BCUT2D eigenvalue weighted by Crippen LogP contribution is 2.11. The van der Waals surface area contributed by atoms with Gasteiger partial charge in [-0.1, -0.05) is 43.7 Å². The second-order valence-corrected chi connectivity index (χ2v) is 5.26. The molecular weight excluding hydrogens is 214 g/mol. The lowest BCUT2D eigenvalue weighted by Gasteiger charge is -2.21. The van der Waals surface area contributed by atoms with Gasteiger partial charge in [0.15, 0.2) is 0 Å². The molecule has 0 saturated carbocycles. The molecule has 0 unspecified atom stereocenters. The van der Waals surface area contributed by atoms with Crippen molar-refractivity contribution in [3.8, 4) is 0 Å². The molecular formula is C14H21NO2. The second kappa shape index (κ2) is 5.82. The molecule has 0 spiro atoms. The average Bonchev–Trinajstić information content (AvgIpc) is 2.30. The molecule has 2 N–H and O–H groups in total. The highest BCUT2D eigenvalue weighted by molar-refractivity contribution is 5.78. The average molecular weight is 235 g/mol. The van der Waals surface area contributed by atoms with E-state index >= 15 is 0 Å². The molecule has 0 heterocycles. The van der Waals surface area contributed by atoms with Gasteiger partial charge in [-0.25, -0.2) is 0 Å². The highest BCUT2D eigenvalue weighted by atomic mass is 16.3. The fourth-order valence-electron chi connectivity index (χ4n) is 1.35. The van der Waals surface area contributed by atoms with Gasteiger partial charge in [0, 0.05) is 18.6 Å². The van der Waals surface area contributed by atoms with Crippen molar-refractivity contribution in [1.29, 1.82) is 0 Å². The molecule has 0 bridgehead atoms. The molecule has 0 aliphatic carbocycles. The van der Waals surface area contributed by atoms with Gasteiger partial charge in [0.1, 0.15) is 0 Å². The summed E-state index contributed by atoms with van der Waals surface area (Å²) >= 11 is 0. The van der Waals surface area contributed by atoms with Gasteiger partial charge in [-0.3, -0.25) is 4.79 Å². The van der Waals surface area contributed by atoms with E-state index < -0.39 is 0 Å². The SMILES string of the molecule is Cc1ccc(CC(=O)NCC(C)(C)CO)cc1. The zero-order valence-electron chi connectivity index (χ0n) is 10.8. The third-order valence-electron chi connectivity index (χ3n) is 2.68. The first-order chi connectivity index (χ1) is 7.93. The maximum atomic E-state index is 11.7. The minimum absolute atomic E-state index is 0.00428. The number of hydrogen-bond donors (Lipinski definition) is 2. The number of rotatable bonds is 5. The number of benzene rings is 1. The third kappa shape index (κ3) is 5.00. The first-order valence-electron chi connectivity index (χ1n) is 5.86.